The predicted octanol–water partition coefficient (Wildman–Crippen LogP) is 2.28. The lowest BCUT2D eigenvalue weighted by Crippen LogP contribution is -2.06. The van der Waals surface area contributed by atoms with Gasteiger partial charge in [-0.05, 0) is 12.1 Å². The predicted molar refractivity (Wildman–Crippen MR) is 72.5 cm³/mol. The Morgan fingerprint density at radius 1 is 1.24 bits per heavy atom. The van der Waals surface area contributed by atoms with E-state index in [1.54, 1.807) is 18.2 Å². The average Bonchev–Trinajstić information content (AvgIpc) is 2.88. The maximum atomic E-state index is 12.4. The molecule has 0 aliphatic carbocycles. The number of nitrogen functional groups attached to an aromatic ring is 1. The number of hydrogen-bond acceptors (Lipinski definition) is 6. The Balaban J connectivity index is 2.01. The number of H-pyrrole nitrogens is 1. The molecule has 0 atom stereocenters. The third-order valence-corrected chi connectivity index (χ3v) is 2.68. The number of para-hydroxylation sites is 2. The molecule has 0 saturated carbocycles. The number of anilines is 3. The molecule has 0 radical (unpaired) electrons. The number of aromatic nitrogens is 4. The maximum Gasteiger partial charge on any atom is 0.387 e. The largest absolute Gasteiger partial charge is 0.433 e. The molecule has 21 heavy (non-hydrogen) atoms. The van der Waals surface area contributed by atoms with Crippen molar-refractivity contribution in [3.8, 4) is 5.75 Å². The molecule has 0 fully saturated rings. The number of alkyl halides is 2. The van der Waals surface area contributed by atoms with Crippen LogP contribution in [0.15, 0.2) is 30.5 Å². The van der Waals surface area contributed by atoms with Crippen LogP contribution in [0.2, 0.25) is 0 Å². The van der Waals surface area contributed by atoms with E-state index in [1.165, 1.54) is 12.3 Å². The molecular formula is C12H10F2N6O. The van der Waals surface area contributed by atoms with Gasteiger partial charge in [0.25, 0.3) is 0 Å². The zero-order chi connectivity index (χ0) is 14.8. The van der Waals surface area contributed by atoms with E-state index in [0.29, 0.717) is 22.5 Å². The van der Waals surface area contributed by atoms with E-state index >= 15 is 0 Å². The van der Waals surface area contributed by atoms with Gasteiger partial charge < -0.3 is 15.8 Å². The second kappa shape index (κ2) is 5.19. The Morgan fingerprint density at radius 3 is 2.86 bits per heavy atom. The molecule has 0 unspecified atom stereocenters. The van der Waals surface area contributed by atoms with Gasteiger partial charge in [-0.25, -0.2) is 0 Å². The first-order valence-corrected chi connectivity index (χ1v) is 5.91. The summed E-state index contributed by atoms with van der Waals surface area (Å²) < 4.78 is 29.2. The molecule has 0 aliphatic heterocycles. The molecule has 3 rings (SSSR count). The number of fused-ring (bicyclic) bond motifs is 1. The molecule has 2 heterocycles. The first kappa shape index (κ1) is 13.0. The second-order valence-corrected chi connectivity index (χ2v) is 4.06. The lowest BCUT2D eigenvalue weighted by atomic mass is 10.3. The molecule has 0 spiro atoms. The van der Waals surface area contributed by atoms with Crippen LogP contribution in [0.5, 0.6) is 5.75 Å². The third kappa shape index (κ3) is 2.66. The second-order valence-electron chi connectivity index (χ2n) is 4.06. The van der Waals surface area contributed by atoms with Crippen molar-refractivity contribution in [2.24, 2.45) is 0 Å². The van der Waals surface area contributed by atoms with E-state index in [0.717, 1.165) is 0 Å². The highest BCUT2D eigenvalue weighted by Crippen LogP contribution is 2.30. The number of aromatic amines is 1. The van der Waals surface area contributed by atoms with Crippen LogP contribution in [0.1, 0.15) is 0 Å². The van der Waals surface area contributed by atoms with E-state index in [-0.39, 0.29) is 11.7 Å². The van der Waals surface area contributed by atoms with Crippen LogP contribution in [-0.4, -0.2) is 26.8 Å². The van der Waals surface area contributed by atoms with Crippen molar-refractivity contribution in [2.75, 3.05) is 11.1 Å². The Labute approximate surface area is 117 Å². The highest BCUT2D eigenvalue weighted by molar-refractivity contribution is 5.89. The minimum atomic E-state index is -2.92. The van der Waals surface area contributed by atoms with Crippen LogP contribution in [0.4, 0.5) is 26.2 Å². The zero-order valence-electron chi connectivity index (χ0n) is 10.5. The lowest BCUT2D eigenvalue weighted by Gasteiger charge is -2.12. The number of ether oxygens (including phenoxy) is 1. The smallest absolute Gasteiger partial charge is 0.387 e. The van der Waals surface area contributed by atoms with Gasteiger partial charge in [0.15, 0.2) is 5.65 Å². The average molecular weight is 292 g/mol. The van der Waals surface area contributed by atoms with Crippen LogP contribution < -0.4 is 15.8 Å². The molecule has 0 amide bonds. The van der Waals surface area contributed by atoms with Gasteiger partial charge in [0, 0.05) is 0 Å². The number of hydrogen-bond donors (Lipinski definition) is 3. The van der Waals surface area contributed by atoms with Crippen LogP contribution in [-0.2, 0) is 0 Å². The summed E-state index contributed by atoms with van der Waals surface area (Å²) >= 11 is 0. The SMILES string of the molecule is Nc1nc(Nc2ccccc2OC(F)F)c2cn[nH]c2n1. The van der Waals surface area contributed by atoms with Gasteiger partial charge in [-0.15, -0.1) is 0 Å². The molecule has 3 aromatic rings. The Bertz CT molecular complexity index is 775. The third-order valence-electron chi connectivity index (χ3n) is 2.68. The number of halogens is 2. The standard InChI is InChI=1S/C12H10F2N6O/c13-11(14)21-8-4-2-1-3-7(8)17-9-6-5-16-20-10(6)19-12(15)18-9/h1-5,11H,(H4,15,16,17,18,19,20). The van der Waals surface area contributed by atoms with Crippen molar-refractivity contribution in [1.82, 2.24) is 20.2 Å². The Morgan fingerprint density at radius 2 is 2.05 bits per heavy atom. The van der Waals surface area contributed by atoms with Crippen LogP contribution in [0.3, 0.4) is 0 Å². The van der Waals surface area contributed by atoms with E-state index in [9.17, 15) is 8.78 Å². The summed E-state index contributed by atoms with van der Waals surface area (Å²) in [4.78, 5) is 8.01. The van der Waals surface area contributed by atoms with Crippen molar-refractivity contribution < 1.29 is 13.5 Å². The van der Waals surface area contributed by atoms with Crippen molar-refractivity contribution in [3.05, 3.63) is 30.5 Å². The maximum absolute atomic E-state index is 12.4. The first-order valence-electron chi connectivity index (χ1n) is 5.91. The zero-order valence-corrected chi connectivity index (χ0v) is 10.5. The van der Waals surface area contributed by atoms with E-state index in [2.05, 4.69) is 30.2 Å². The topological polar surface area (TPSA) is 102 Å². The fraction of sp³-hybridized carbons (Fsp3) is 0.0833. The number of nitrogens with zero attached hydrogens (tertiary/aromatic N) is 3. The molecule has 4 N–H and O–H groups in total. The van der Waals surface area contributed by atoms with Crippen LogP contribution >= 0.6 is 0 Å². The first-order chi connectivity index (χ1) is 10.1. The number of nitrogens with one attached hydrogen (secondary N) is 2. The van der Waals surface area contributed by atoms with Crippen molar-refractivity contribution in [3.63, 3.8) is 0 Å². The van der Waals surface area contributed by atoms with Crippen LogP contribution in [0, 0.1) is 0 Å². The van der Waals surface area contributed by atoms with Crippen molar-refractivity contribution >= 4 is 28.5 Å². The molecule has 1 aromatic carbocycles. The highest BCUT2D eigenvalue weighted by atomic mass is 19.3. The fourth-order valence-electron chi connectivity index (χ4n) is 1.84. The summed E-state index contributed by atoms with van der Waals surface area (Å²) in [6.45, 7) is -2.92. The summed E-state index contributed by atoms with van der Waals surface area (Å²) in [5, 5.41) is 9.98. The van der Waals surface area contributed by atoms with Gasteiger partial charge >= 0.3 is 6.61 Å². The van der Waals surface area contributed by atoms with Crippen LogP contribution in [0.25, 0.3) is 11.0 Å². The quantitative estimate of drug-likeness (QED) is 0.682. The molecule has 0 aliphatic rings. The molecule has 9 heteroatoms. The van der Waals surface area contributed by atoms with Gasteiger partial charge in [-0.2, -0.15) is 23.8 Å². The summed E-state index contributed by atoms with van der Waals surface area (Å²) in [5.74, 6) is 0.374. The van der Waals surface area contributed by atoms with E-state index < -0.39 is 6.61 Å². The lowest BCUT2D eigenvalue weighted by molar-refractivity contribution is -0.0493. The van der Waals surface area contributed by atoms with Crippen molar-refractivity contribution in [1.29, 1.82) is 0 Å². The Kier molecular flexibility index (Phi) is 3.22. The summed E-state index contributed by atoms with van der Waals surface area (Å²) in [7, 11) is 0. The molecule has 108 valence electrons. The Hall–Kier alpha value is -2.97. The fourth-order valence-corrected chi connectivity index (χ4v) is 1.84. The van der Waals surface area contributed by atoms with Gasteiger partial charge in [0.2, 0.25) is 5.95 Å². The van der Waals surface area contributed by atoms with Gasteiger partial charge in [0.05, 0.1) is 17.3 Å². The van der Waals surface area contributed by atoms with Gasteiger partial charge in [-0.1, -0.05) is 12.1 Å². The molecule has 0 bridgehead atoms. The number of benzene rings is 1. The monoisotopic (exact) mass is 292 g/mol. The number of nitrogens with two attached hydrogens (primary N) is 1. The summed E-state index contributed by atoms with van der Waals surface area (Å²) in [6, 6.07) is 6.27. The molecule has 2 aromatic heterocycles. The van der Waals surface area contributed by atoms with Crippen molar-refractivity contribution in [2.45, 2.75) is 6.61 Å². The molecule has 7 nitrogen and oxygen atoms in total. The summed E-state index contributed by atoms with van der Waals surface area (Å²) in [6.07, 6.45) is 1.51. The normalized spacial score (nSPS) is 11.0. The highest BCUT2D eigenvalue weighted by Gasteiger charge is 2.13. The van der Waals surface area contributed by atoms with E-state index in [4.69, 9.17) is 5.73 Å². The molecule has 0 saturated heterocycles. The number of rotatable bonds is 4. The summed E-state index contributed by atoms with van der Waals surface area (Å²) in [5.41, 5.74) is 6.37. The minimum absolute atomic E-state index is 0.00123. The van der Waals surface area contributed by atoms with Gasteiger partial charge in [-0.3, -0.25) is 5.10 Å². The molecular weight excluding hydrogens is 282 g/mol. The minimum Gasteiger partial charge on any atom is -0.433 e. The van der Waals surface area contributed by atoms with E-state index in [1.807, 2.05) is 0 Å². The van der Waals surface area contributed by atoms with Gasteiger partial charge in [0.1, 0.15) is 11.6 Å².